The highest BCUT2D eigenvalue weighted by molar-refractivity contribution is 7.89. The molecule has 2 aliphatic heterocycles. The van der Waals surface area contributed by atoms with Gasteiger partial charge in [0.2, 0.25) is 10.0 Å². The van der Waals surface area contributed by atoms with Crippen LogP contribution in [0.4, 0.5) is 4.39 Å². The summed E-state index contributed by atoms with van der Waals surface area (Å²) in [5, 5.41) is 2.81. The Bertz CT molecular complexity index is 812. The zero-order valence-electron chi connectivity index (χ0n) is 16.9. The molecule has 1 aromatic carbocycles. The lowest BCUT2D eigenvalue weighted by atomic mass is 10.0. The number of likely N-dealkylation sites (tertiary alicyclic amines) is 1. The number of carbonyl (C=O) groups excluding carboxylic acids is 1. The van der Waals surface area contributed by atoms with Crippen LogP contribution in [0, 0.1) is 5.82 Å². The molecule has 0 unspecified atom stereocenters. The van der Waals surface area contributed by atoms with Gasteiger partial charge in [-0.1, -0.05) is 6.42 Å². The van der Waals surface area contributed by atoms with Crippen molar-refractivity contribution in [3.05, 3.63) is 29.6 Å². The van der Waals surface area contributed by atoms with Gasteiger partial charge >= 0.3 is 0 Å². The number of ether oxygens (including phenoxy) is 1. The van der Waals surface area contributed by atoms with Gasteiger partial charge in [0.15, 0.2) is 0 Å². The van der Waals surface area contributed by atoms with Crippen molar-refractivity contribution in [3.63, 3.8) is 0 Å². The van der Waals surface area contributed by atoms with Crippen molar-refractivity contribution in [2.24, 2.45) is 0 Å². The number of piperidine rings is 1. The molecule has 0 bridgehead atoms. The highest BCUT2D eigenvalue weighted by Gasteiger charge is 2.29. The van der Waals surface area contributed by atoms with E-state index in [0.717, 1.165) is 31.6 Å². The van der Waals surface area contributed by atoms with Crippen molar-refractivity contribution < 1.29 is 22.3 Å². The Morgan fingerprint density at radius 1 is 1.24 bits per heavy atom. The van der Waals surface area contributed by atoms with Crippen LogP contribution in [0.25, 0.3) is 0 Å². The van der Waals surface area contributed by atoms with Gasteiger partial charge in [-0.25, -0.2) is 12.8 Å². The van der Waals surface area contributed by atoms with E-state index >= 15 is 0 Å². The SMILES string of the molecule is C[C@H]1CCCCN1CCCNC(=O)c1ccc(F)c(S(=O)(=O)N2CCOCC2)c1. The van der Waals surface area contributed by atoms with E-state index in [-0.39, 0.29) is 31.9 Å². The monoisotopic (exact) mass is 427 g/mol. The second kappa shape index (κ2) is 9.97. The fourth-order valence-corrected chi connectivity index (χ4v) is 5.34. The average molecular weight is 428 g/mol. The normalized spacial score (nSPS) is 21.8. The van der Waals surface area contributed by atoms with Crippen molar-refractivity contribution in [1.82, 2.24) is 14.5 Å². The fourth-order valence-electron chi connectivity index (χ4n) is 3.84. The minimum Gasteiger partial charge on any atom is -0.379 e. The quantitative estimate of drug-likeness (QED) is 0.672. The Morgan fingerprint density at radius 3 is 2.72 bits per heavy atom. The Labute approximate surface area is 172 Å². The van der Waals surface area contributed by atoms with Gasteiger partial charge < -0.3 is 15.0 Å². The number of benzene rings is 1. The van der Waals surface area contributed by atoms with E-state index in [1.807, 2.05) is 0 Å². The maximum atomic E-state index is 14.3. The van der Waals surface area contributed by atoms with Crippen molar-refractivity contribution in [2.75, 3.05) is 45.9 Å². The number of nitrogens with one attached hydrogen (secondary N) is 1. The van der Waals surface area contributed by atoms with Crippen LogP contribution in [-0.4, -0.2) is 75.5 Å². The molecule has 0 saturated carbocycles. The summed E-state index contributed by atoms with van der Waals surface area (Å²) in [4.78, 5) is 14.4. The third-order valence-electron chi connectivity index (χ3n) is 5.63. The lowest BCUT2D eigenvalue weighted by Gasteiger charge is -2.33. The van der Waals surface area contributed by atoms with Gasteiger partial charge in [0, 0.05) is 37.8 Å². The second-order valence-corrected chi connectivity index (χ2v) is 9.56. The molecule has 1 amide bonds. The van der Waals surface area contributed by atoms with E-state index < -0.39 is 26.6 Å². The lowest BCUT2D eigenvalue weighted by Crippen LogP contribution is -2.41. The molecule has 1 atom stereocenters. The van der Waals surface area contributed by atoms with Gasteiger partial charge in [0.05, 0.1) is 13.2 Å². The first kappa shape index (κ1) is 22.1. The fraction of sp³-hybridized carbons (Fsp3) is 0.650. The number of nitrogens with zero attached hydrogens (tertiary/aromatic N) is 2. The topological polar surface area (TPSA) is 79.0 Å². The summed E-state index contributed by atoms with van der Waals surface area (Å²) in [6.45, 7) is 5.63. The Balaban J connectivity index is 1.59. The first-order valence-corrected chi connectivity index (χ1v) is 11.7. The number of hydrogen-bond acceptors (Lipinski definition) is 5. The van der Waals surface area contributed by atoms with Crippen LogP contribution in [0.15, 0.2) is 23.1 Å². The van der Waals surface area contributed by atoms with Crippen LogP contribution < -0.4 is 5.32 Å². The summed E-state index contributed by atoms with van der Waals surface area (Å²) >= 11 is 0. The van der Waals surface area contributed by atoms with E-state index in [2.05, 4.69) is 17.1 Å². The van der Waals surface area contributed by atoms with Gasteiger partial charge in [-0.05, 0) is 50.9 Å². The smallest absolute Gasteiger partial charge is 0.251 e. The molecular formula is C20H30FN3O4S. The third kappa shape index (κ3) is 5.53. The highest BCUT2D eigenvalue weighted by Crippen LogP contribution is 2.22. The lowest BCUT2D eigenvalue weighted by molar-refractivity contribution is 0.0729. The summed E-state index contributed by atoms with van der Waals surface area (Å²) in [5.41, 5.74) is 0.143. The molecule has 1 N–H and O–H groups in total. The first-order valence-electron chi connectivity index (χ1n) is 10.3. The van der Waals surface area contributed by atoms with E-state index in [9.17, 15) is 17.6 Å². The molecular weight excluding hydrogens is 397 g/mol. The Morgan fingerprint density at radius 2 is 2.00 bits per heavy atom. The van der Waals surface area contributed by atoms with Crippen LogP contribution in [-0.2, 0) is 14.8 Å². The maximum Gasteiger partial charge on any atom is 0.251 e. The minimum absolute atomic E-state index is 0.143. The molecule has 162 valence electrons. The third-order valence-corrected chi connectivity index (χ3v) is 7.54. The zero-order valence-corrected chi connectivity index (χ0v) is 17.7. The van der Waals surface area contributed by atoms with Crippen LogP contribution in [0.2, 0.25) is 0 Å². The molecule has 1 aromatic rings. The van der Waals surface area contributed by atoms with Crippen molar-refractivity contribution in [1.29, 1.82) is 0 Å². The molecule has 2 saturated heterocycles. The molecule has 29 heavy (non-hydrogen) atoms. The molecule has 7 nitrogen and oxygen atoms in total. The number of sulfonamides is 1. The number of rotatable bonds is 7. The minimum atomic E-state index is -4.00. The van der Waals surface area contributed by atoms with Crippen molar-refractivity contribution in [2.45, 2.75) is 43.5 Å². The van der Waals surface area contributed by atoms with Crippen molar-refractivity contribution >= 4 is 15.9 Å². The molecule has 9 heteroatoms. The molecule has 2 heterocycles. The summed E-state index contributed by atoms with van der Waals surface area (Å²) in [5.74, 6) is -1.25. The number of amides is 1. The molecule has 0 aromatic heterocycles. The molecule has 2 aliphatic rings. The summed E-state index contributed by atoms with van der Waals surface area (Å²) in [6.07, 6.45) is 4.51. The molecule has 0 spiro atoms. The largest absolute Gasteiger partial charge is 0.379 e. The molecule has 3 rings (SSSR count). The van der Waals surface area contributed by atoms with Gasteiger partial charge in [-0.3, -0.25) is 4.79 Å². The molecule has 0 aliphatic carbocycles. The van der Waals surface area contributed by atoms with Crippen molar-refractivity contribution in [3.8, 4) is 0 Å². The number of carbonyl (C=O) groups is 1. The zero-order chi connectivity index (χ0) is 20.9. The molecule has 2 fully saturated rings. The summed E-state index contributed by atoms with van der Waals surface area (Å²) < 4.78 is 46.1. The highest BCUT2D eigenvalue weighted by atomic mass is 32.2. The van der Waals surface area contributed by atoms with Crippen LogP contribution in [0.1, 0.15) is 43.0 Å². The second-order valence-electron chi connectivity index (χ2n) is 7.65. The Hall–Kier alpha value is -1.55. The number of morpholine rings is 1. The van der Waals surface area contributed by atoms with Crippen LogP contribution in [0.5, 0.6) is 0 Å². The molecule has 0 radical (unpaired) electrons. The van der Waals surface area contributed by atoms with Gasteiger partial charge in [-0.15, -0.1) is 0 Å². The summed E-state index contributed by atoms with van der Waals surface area (Å²) in [7, 11) is -4.00. The predicted octanol–water partition coefficient (Wildman–Crippen LogP) is 1.84. The number of hydrogen-bond donors (Lipinski definition) is 1. The van der Waals surface area contributed by atoms with E-state index in [1.165, 1.54) is 29.6 Å². The Kier molecular flexibility index (Phi) is 7.61. The number of halogens is 1. The van der Waals surface area contributed by atoms with Gasteiger partial charge in [-0.2, -0.15) is 4.31 Å². The van der Waals surface area contributed by atoms with Gasteiger partial charge in [0.25, 0.3) is 5.91 Å². The van der Waals surface area contributed by atoms with E-state index in [1.54, 1.807) is 0 Å². The maximum absolute atomic E-state index is 14.3. The van der Waals surface area contributed by atoms with Crippen LogP contribution >= 0.6 is 0 Å². The predicted molar refractivity (Wildman–Crippen MR) is 108 cm³/mol. The van der Waals surface area contributed by atoms with Gasteiger partial charge in [0.1, 0.15) is 10.7 Å². The van der Waals surface area contributed by atoms with Crippen LogP contribution in [0.3, 0.4) is 0 Å². The summed E-state index contributed by atoms with van der Waals surface area (Å²) in [6, 6.07) is 4.06. The average Bonchev–Trinajstić information content (AvgIpc) is 2.73. The van der Waals surface area contributed by atoms with E-state index in [0.29, 0.717) is 12.6 Å². The first-order chi connectivity index (χ1) is 13.9. The standard InChI is InChI=1S/C20H30FN3O4S/c1-16-5-2-3-9-23(16)10-4-8-22-20(25)17-6-7-18(21)19(15-17)29(26,27)24-11-13-28-14-12-24/h6-7,15-16H,2-5,8-14H2,1H3,(H,22,25)/t16-/m0/s1. The van der Waals surface area contributed by atoms with E-state index in [4.69, 9.17) is 4.74 Å².